The fourth-order valence-electron chi connectivity index (χ4n) is 2.13. The molecule has 11 heteroatoms. The average Bonchev–Trinajstić information content (AvgIpc) is 2.73. The van der Waals surface area contributed by atoms with Crippen molar-refractivity contribution in [1.82, 2.24) is 4.98 Å². The molecule has 0 fully saturated rings. The summed E-state index contributed by atoms with van der Waals surface area (Å²) in [6.45, 7) is 0.513. The van der Waals surface area contributed by atoms with E-state index in [1.54, 1.807) is 36.4 Å². The summed E-state index contributed by atoms with van der Waals surface area (Å²) >= 11 is 0. The molecule has 0 spiro atoms. The van der Waals surface area contributed by atoms with Crippen molar-refractivity contribution >= 4 is 34.9 Å². The highest BCUT2D eigenvalue weighted by Gasteiger charge is 2.16. The van der Waals surface area contributed by atoms with Crippen LogP contribution in [0, 0.1) is 0 Å². The highest BCUT2D eigenvalue weighted by atomic mass is 16.5. The van der Waals surface area contributed by atoms with Crippen molar-refractivity contribution < 1.29 is 14.3 Å². The summed E-state index contributed by atoms with van der Waals surface area (Å²) in [4.78, 5) is 26.3. The van der Waals surface area contributed by atoms with Crippen LogP contribution in [0.5, 0.6) is 5.75 Å². The minimum absolute atomic E-state index is 0.0913. The number of hydrogen-bond donors (Lipinski definition) is 7. The van der Waals surface area contributed by atoms with E-state index >= 15 is 0 Å². The van der Waals surface area contributed by atoms with Crippen molar-refractivity contribution in [2.45, 2.75) is 25.3 Å². The van der Waals surface area contributed by atoms with Crippen LogP contribution in [-0.2, 0) is 9.59 Å². The number of carbonyl (C=O) groups excluding carboxylic acids is 2. The third-order valence-electron chi connectivity index (χ3n) is 3.81. The molecular weight excluding hydrogens is 388 g/mol. The van der Waals surface area contributed by atoms with Gasteiger partial charge in [-0.2, -0.15) is 0 Å². The lowest BCUT2D eigenvalue weighted by Crippen LogP contribution is -2.34. The third-order valence-corrected chi connectivity index (χ3v) is 3.81. The number of nitrogen functional groups attached to an aromatic ring is 3. The van der Waals surface area contributed by atoms with Crippen molar-refractivity contribution in [1.29, 1.82) is 0 Å². The monoisotopic (exact) mass is 418 g/mol. The number of ether oxygens (including phenoxy) is 1. The molecule has 0 saturated heterocycles. The van der Waals surface area contributed by atoms with Crippen molar-refractivity contribution in [3.8, 4) is 5.75 Å². The number of carbonyl (C=O) groups is 2. The normalized spacial score (nSPS) is 11.0. The maximum absolute atomic E-state index is 11.6. The van der Waals surface area contributed by atoms with Crippen LogP contribution in [0.15, 0.2) is 36.4 Å². The molecule has 1 heterocycles. The summed E-state index contributed by atoms with van der Waals surface area (Å²) in [5.41, 5.74) is 33.5. The number of nitrogens with one attached hydrogen (secondary N) is 1. The van der Waals surface area contributed by atoms with E-state index in [-0.39, 0.29) is 18.3 Å². The van der Waals surface area contributed by atoms with Gasteiger partial charge >= 0.3 is 5.97 Å². The summed E-state index contributed by atoms with van der Waals surface area (Å²) in [5.74, 6) is 0.111. The van der Waals surface area contributed by atoms with Crippen LogP contribution in [0.3, 0.4) is 0 Å². The van der Waals surface area contributed by atoms with Gasteiger partial charge < -0.3 is 44.5 Å². The zero-order valence-electron chi connectivity index (χ0n) is 16.7. The van der Waals surface area contributed by atoms with Crippen molar-refractivity contribution in [3.05, 3.63) is 36.4 Å². The zero-order chi connectivity index (χ0) is 22.5. The predicted octanol–water partition coefficient (Wildman–Crippen LogP) is -0.226. The maximum Gasteiger partial charge on any atom is 0.328 e. The third kappa shape index (κ3) is 8.73. The first-order chi connectivity index (χ1) is 14.3. The summed E-state index contributed by atoms with van der Waals surface area (Å²) in [6, 6.07) is 9.32. The van der Waals surface area contributed by atoms with E-state index < -0.39 is 12.0 Å². The molecule has 13 N–H and O–H groups in total. The van der Waals surface area contributed by atoms with Crippen LogP contribution in [-0.4, -0.2) is 36.0 Å². The van der Waals surface area contributed by atoms with Gasteiger partial charge in [-0.1, -0.05) is 18.6 Å². The second kappa shape index (κ2) is 12.9. The van der Waals surface area contributed by atoms with Crippen molar-refractivity contribution in [2.24, 2.45) is 17.2 Å². The largest absolute Gasteiger partial charge is 0.423 e. The topological polar surface area (TPSA) is 224 Å². The Morgan fingerprint density at radius 1 is 1.00 bits per heavy atom. The number of nitrogens with zero attached hydrogens (tertiary/aromatic N) is 1. The van der Waals surface area contributed by atoms with Crippen LogP contribution < -0.4 is 44.5 Å². The molecule has 1 atom stereocenters. The zero-order valence-corrected chi connectivity index (χ0v) is 16.7. The summed E-state index contributed by atoms with van der Waals surface area (Å²) in [7, 11) is 0. The van der Waals surface area contributed by atoms with E-state index in [1.807, 2.05) is 0 Å². The molecule has 0 saturated carbocycles. The Kier molecular flexibility index (Phi) is 10.6. The van der Waals surface area contributed by atoms with E-state index in [0.29, 0.717) is 35.9 Å². The van der Waals surface area contributed by atoms with Gasteiger partial charge in [-0.3, -0.25) is 4.79 Å². The Labute approximate surface area is 175 Å². The highest BCUT2D eigenvalue weighted by molar-refractivity contribution is 5.91. The SMILES string of the molecule is NCC(=O)Nc1ccc(N)c(N)n1.NCCCCC(N)C(=O)Oc1ccccc1N. The molecule has 0 aliphatic rings. The average molecular weight is 419 g/mol. The Morgan fingerprint density at radius 3 is 2.30 bits per heavy atom. The molecule has 0 bridgehead atoms. The van der Waals surface area contributed by atoms with E-state index in [9.17, 15) is 9.59 Å². The number of unbranched alkanes of at least 4 members (excludes halogenated alkanes) is 1. The van der Waals surface area contributed by atoms with E-state index in [1.165, 1.54) is 0 Å². The number of hydrogen-bond acceptors (Lipinski definition) is 10. The lowest BCUT2D eigenvalue weighted by Gasteiger charge is -2.11. The van der Waals surface area contributed by atoms with Gasteiger partial charge in [0.15, 0.2) is 5.75 Å². The first kappa shape index (κ1) is 24.6. The molecule has 1 amide bonds. The lowest BCUT2D eigenvalue weighted by atomic mass is 10.1. The Balaban J connectivity index is 0.000000311. The molecule has 1 unspecified atom stereocenters. The predicted molar refractivity (Wildman–Crippen MR) is 118 cm³/mol. The van der Waals surface area contributed by atoms with E-state index in [0.717, 1.165) is 12.8 Å². The Bertz CT molecular complexity index is 831. The molecule has 2 rings (SSSR count). The fraction of sp³-hybridized carbons (Fsp3) is 0.316. The maximum atomic E-state index is 11.6. The van der Waals surface area contributed by atoms with Gasteiger partial charge in [0.25, 0.3) is 0 Å². The van der Waals surface area contributed by atoms with E-state index in [2.05, 4.69) is 10.3 Å². The number of aromatic nitrogens is 1. The number of amides is 1. The minimum Gasteiger partial charge on any atom is -0.423 e. The molecule has 164 valence electrons. The number of pyridine rings is 1. The van der Waals surface area contributed by atoms with Crippen molar-refractivity contribution in [2.75, 3.05) is 35.6 Å². The Hall–Kier alpha value is -3.41. The molecule has 30 heavy (non-hydrogen) atoms. The van der Waals surface area contributed by atoms with Gasteiger partial charge in [0, 0.05) is 0 Å². The molecule has 2 aromatic rings. The molecular formula is C19H30N8O3. The molecule has 11 nitrogen and oxygen atoms in total. The molecule has 0 aliphatic heterocycles. The van der Waals surface area contributed by atoms with Crippen LogP contribution in [0.25, 0.3) is 0 Å². The van der Waals surface area contributed by atoms with Gasteiger partial charge in [0.05, 0.1) is 17.9 Å². The van der Waals surface area contributed by atoms with Crippen LogP contribution in [0.1, 0.15) is 19.3 Å². The first-order valence-electron chi connectivity index (χ1n) is 9.32. The highest BCUT2D eigenvalue weighted by Crippen LogP contribution is 2.20. The summed E-state index contributed by atoms with van der Waals surface area (Å²) in [5, 5.41) is 2.45. The number of rotatable bonds is 8. The molecule has 0 radical (unpaired) electrons. The van der Waals surface area contributed by atoms with Gasteiger partial charge in [-0.15, -0.1) is 0 Å². The summed E-state index contributed by atoms with van der Waals surface area (Å²) in [6.07, 6.45) is 2.24. The number of anilines is 4. The van der Waals surface area contributed by atoms with Gasteiger partial charge in [0.1, 0.15) is 17.7 Å². The number of nitrogens with two attached hydrogens (primary N) is 6. The molecule has 1 aromatic carbocycles. The second-order valence-corrected chi connectivity index (χ2v) is 6.27. The smallest absolute Gasteiger partial charge is 0.328 e. The second-order valence-electron chi connectivity index (χ2n) is 6.27. The molecule has 1 aromatic heterocycles. The standard InChI is InChI=1S/C12H19N3O2.C7H11N5O/c13-8-4-3-6-10(15)12(16)17-11-7-2-1-5-9(11)14;8-3-6(13)11-5-2-1-4(9)7(10)12-5/h1-2,5,7,10H,3-4,6,8,13-15H2;1-2H,3,8-9H2,(H3,10,11,12,13). The van der Waals surface area contributed by atoms with Gasteiger partial charge in [-0.05, 0) is 43.7 Å². The van der Waals surface area contributed by atoms with Crippen molar-refractivity contribution in [3.63, 3.8) is 0 Å². The number of esters is 1. The van der Waals surface area contributed by atoms with Crippen LogP contribution in [0.4, 0.5) is 23.0 Å². The fourth-order valence-corrected chi connectivity index (χ4v) is 2.13. The van der Waals surface area contributed by atoms with Crippen LogP contribution >= 0.6 is 0 Å². The Morgan fingerprint density at radius 2 is 1.70 bits per heavy atom. The number of benzene rings is 1. The van der Waals surface area contributed by atoms with E-state index in [4.69, 9.17) is 39.1 Å². The first-order valence-corrected chi connectivity index (χ1v) is 9.32. The lowest BCUT2D eigenvalue weighted by molar-refractivity contribution is -0.136. The van der Waals surface area contributed by atoms with Gasteiger partial charge in [0.2, 0.25) is 5.91 Å². The molecule has 0 aliphatic carbocycles. The number of para-hydroxylation sites is 2. The van der Waals surface area contributed by atoms with Crippen LogP contribution in [0.2, 0.25) is 0 Å². The minimum atomic E-state index is -0.624. The quantitative estimate of drug-likeness (QED) is 0.129. The summed E-state index contributed by atoms with van der Waals surface area (Å²) < 4.78 is 5.12. The van der Waals surface area contributed by atoms with Gasteiger partial charge in [-0.25, -0.2) is 9.78 Å².